The number of nitrogens with zero attached hydrogens (tertiary/aromatic N) is 1. The molecule has 18 heavy (non-hydrogen) atoms. The Kier molecular flexibility index (Phi) is 4.49. The van der Waals surface area contributed by atoms with E-state index >= 15 is 0 Å². The lowest BCUT2D eigenvalue weighted by molar-refractivity contribution is 1.10. The van der Waals surface area contributed by atoms with E-state index in [2.05, 4.69) is 26.2 Å². The molecule has 0 saturated heterocycles. The molecule has 0 aliphatic heterocycles. The monoisotopic (exact) mass is 344 g/mol. The van der Waals surface area contributed by atoms with E-state index < -0.39 is 0 Å². The lowest BCUT2D eigenvalue weighted by Crippen LogP contribution is -2.02. The fraction of sp³-hybridized carbons (Fsp3) is 0.154. The van der Waals surface area contributed by atoms with Crippen molar-refractivity contribution >= 4 is 44.8 Å². The summed E-state index contributed by atoms with van der Waals surface area (Å²) in [6, 6.07) is 9.49. The van der Waals surface area contributed by atoms with Gasteiger partial charge in [-0.1, -0.05) is 35.3 Å². The highest BCUT2D eigenvalue weighted by molar-refractivity contribution is 9.10. The smallest absolute Gasteiger partial charge is 0.106 e. The van der Waals surface area contributed by atoms with Gasteiger partial charge >= 0.3 is 0 Å². The van der Waals surface area contributed by atoms with Crippen molar-refractivity contribution in [1.29, 1.82) is 0 Å². The molecule has 1 aromatic carbocycles. The molecule has 0 spiro atoms. The van der Waals surface area contributed by atoms with Gasteiger partial charge in [-0.05, 0) is 46.6 Å². The van der Waals surface area contributed by atoms with Crippen LogP contribution in [0.3, 0.4) is 0 Å². The molecule has 2 nitrogen and oxygen atoms in total. The van der Waals surface area contributed by atoms with Gasteiger partial charge in [-0.2, -0.15) is 0 Å². The highest BCUT2D eigenvalue weighted by Crippen LogP contribution is 2.26. The van der Waals surface area contributed by atoms with E-state index in [1.807, 2.05) is 31.2 Å². The van der Waals surface area contributed by atoms with Gasteiger partial charge in [-0.3, -0.25) is 0 Å². The summed E-state index contributed by atoms with van der Waals surface area (Å²) >= 11 is 15.4. The largest absolute Gasteiger partial charge is 0.379 e. The summed E-state index contributed by atoms with van der Waals surface area (Å²) in [4.78, 5) is 4.32. The van der Waals surface area contributed by atoms with Gasteiger partial charge in [0.25, 0.3) is 0 Å². The third kappa shape index (κ3) is 3.16. The fourth-order valence-electron chi connectivity index (χ4n) is 1.59. The normalized spacial score (nSPS) is 10.4. The summed E-state index contributed by atoms with van der Waals surface area (Å²) in [6.07, 6.45) is 0. The minimum atomic E-state index is 0.571. The third-order valence-corrected chi connectivity index (χ3v) is 3.85. The number of rotatable bonds is 3. The van der Waals surface area contributed by atoms with Gasteiger partial charge in [0.05, 0.1) is 21.4 Å². The molecule has 0 radical (unpaired) electrons. The zero-order valence-corrected chi connectivity index (χ0v) is 12.8. The van der Waals surface area contributed by atoms with Crippen molar-refractivity contribution < 1.29 is 0 Å². The molecule has 2 aromatic rings. The van der Waals surface area contributed by atoms with Crippen molar-refractivity contribution in [3.8, 4) is 0 Å². The first-order valence-electron chi connectivity index (χ1n) is 5.38. The summed E-state index contributed by atoms with van der Waals surface area (Å²) in [5.41, 5.74) is 2.88. The number of hydrogen-bond acceptors (Lipinski definition) is 2. The van der Waals surface area contributed by atoms with E-state index in [0.29, 0.717) is 16.6 Å². The second kappa shape index (κ2) is 5.91. The Morgan fingerprint density at radius 1 is 1.22 bits per heavy atom. The number of hydrogen-bond donors (Lipinski definition) is 1. The molecular weight excluding hydrogens is 335 g/mol. The predicted octanol–water partition coefficient (Wildman–Crippen LogP) is 5.07. The highest BCUT2D eigenvalue weighted by atomic mass is 79.9. The molecule has 5 heteroatoms. The third-order valence-electron chi connectivity index (χ3n) is 2.55. The van der Waals surface area contributed by atoms with E-state index in [9.17, 15) is 0 Å². The first-order chi connectivity index (χ1) is 8.58. The van der Waals surface area contributed by atoms with E-state index in [1.54, 1.807) is 6.07 Å². The molecule has 0 bridgehead atoms. The van der Waals surface area contributed by atoms with Crippen molar-refractivity contribution in [2.24, 2.45) is 0 Å². The highest BCUT2D eigenvalue weighted by Gasteiger charge is 2.05. The second-order valence-corrected chi connectivity index (χ2v) is 5.43. The Labute approximate surface area is 124 Å². The van der Waals surface area contributed by atoms with Crippen molar-refractivity contribution in [1.82, 2.24) is 4.98 Å². The molecular formula is C13H11BrCl2N2. The van der Waals surface area contributed by atoms with Crippen molar-refractivity contribution in [2.45, 2.75) is 13.5 Å². The summed E-state index contributed by atoms with van der Waals surface area (Å²) in [6.45, 7) is 2.57. The number of aromatic nitrogens is 1. The molecule has 1 aromatic heterocycles. The molecule has 0 atom stereocenters. The maximum atomic E-state index is 6.13. The van der Waals surface area contributed by atoms with Crippen LogP contribution in [-0.2, 0) is 6.54 Å². The van der Waals surface area contributed by atoms with Gasteiger partial charge in [0.1, 0.15) is 4.60 Å². The number of anilines is 1. The number of pyridine rings is 1. The average molecular weight is 346 g/mol. The van der Waals surface area contributed by atoms with Crippen LogP contribution >= 0.6 is 39.1 Å². The Hall–Kier alpha value is -0.770. The van der Waals surface area contributed by atoms with E-state index in [-0.39, 0.29) is 0 Å². The number of aryl methyl sites for hydroxylation is 1. The molecule has 0 aliphatic carbocycles. The molecule has 0 saturated carbocycles. The first kappa shape index (κ1) is 13.7. The van der Waals surface area contributed by atoms with Gasteiger partial charge < -0.3 is 5.32 Å². The topological polar surface area (TPSA) is 24.9 Å². The quantitative estimate of drug-likeness (QED) is 0.785. The molecule has 94 valence electrons. The maximum Gasteiger partial charge on any atom is 0.106 e. The number of benzene rings is 1. The Balaban J connectivity index is 2.14. The average Bonchev–Trinajstić information content (AvgIpc) is 2.33. The molecule has 1 N–H and O–H groups in total. The van der Waals surface area contributed by atoms with Crippen molar-refractivity contribution in [2.75, 3.05) is 5.32 Å². The summed E-state index contributed by atoms with van der Waals surface area (Å²) < 4.78 is 0.825. The predicted molar refractivity (Wildman–Crippen MR) is 80.5 cm³/mol. The van der Waals surface area contributed by atoms with Crippen molar-refractivity contribution in [3.63, 3.8) is 0 Å². The van der Waals surface area contributed by atoms with Gasteiger partial charge in [-0.25, -0.2) is 4.98 Å². The minimum absolute atomic E-state index is 0.571. The van der Waals surface area contributed by atoms with Gasteiger partial charge in [0, 0.05) is 6.54 Å². The molecule has 0 fully saturated rings. The van der Waals surface area contributed by atoms with Crippen LogP contribution in [-0.4, -0.2) is 4.98 Å². The van der Waals surface area contributed by atoms with Crippen LogP contribution in [0.5, 0.6) is 0 Å². The summed E-state index contributed by atoms with van der Waals surface area (Å²) in [7, 11) is 0. The van der Waals surface area contributed by atoms with Crippen molar-refractivity contribution in [3.05, 3.63) is 56.2 Å². The van der Waals surface area contributed by atoms with E-state index in [4.69, 9.17) is 23.2 Å². The Morgan fingerprint density at radius 3 is 2.72 bits per heavy atom. The zero-order valence-electron chi connectivity index (χ0n) is 9.67. The zero-order chi connectivity index (χ0) is 13.1. The molecule has 0 amide bonds. The minimum Gasteiger partial charge on any atom is -0.379 e. The standard InChI is InChI=1S/C13H11BrCl2N2/c1-8-11(5-6-12(14)18-8)17-7-9-3-2-4-10(15)13(9)16/h2-6,17H,7H2,1H3. The number of halogens is 3. The van der Waals surface area contributed by atoms with Crippen LogP contribution in [0.1, 0.15) is 11.3 Å². The molecule has 0 aliphatic rings. The molecule has 1 heterocycles. The van der Waals surface area contributed by atoms with Gasteiger partial charge in [0.2, 0.25) is 0 Å². The van der Waals surface area contributed by atoms with Crippen LogP contribution in [0, 0.1) is 6.92 Å². The van der Waals surface area contributed by atoms with Crippen LogP contribution in [0.15, 0.2) is 34.9 Å². The Bertz CT molecular complexity index is 573. The van der Waals surface area contributed by atoms with Crippen LogP contribution in [0.2, 0.25) is 10.0 Å². The summed E-state index contributed by atoms with van der Waals surface area (Å²) in [5.74, 6) is 0. The van der Waals surface area contributed by atoms with E-state index in [0.717, 1.165) is 21.5 Å². The molecule has 2 rings (SSSR count). The Morgan fingerprint density at radius 2 is 2.00 bits per heavy atom. The first-order valence-corrected chi connectivity index (χ1v) is 6.92. The van der Waals surface area contributed by atoms with Gasteiger partial charge in [-0.15, -0.1) is 0 Å². The maximum absolute atomic E-state index is 6.13. The SMILES string of the molecule is Cc1nc(Br)ccc1NCc1cccc(Cl)c1Cl. The molecule has 0 unspecified atom stereocenters. The lowest BCUT2D eigenvalue weighted by Gasteiger charge is -2.10. The second-order valence-electron chi connectivity index (χ2n) is 3.83. The van der Waals surface area contributed by atoms with E-state index in [1.165, 1.54) is 0 Å². The van der Waals surface area contributed by atoms with Crippen LogP contribution in [0.25, 0.3) is 0 Å². The van der Waals surface area contributed by atoms with Crippen LogP contribution < -0.4 is 5.32 Å². The summed E-state index contributed by atoms with van der Waals surface area (Å²) in [5, 5.41) is 4.46. The lowest BCUT2D eigenvalue weighted by atomic mass is 10.2. The van der Waals surface area contributed by atoms with Gasteiger partial charge in [0.15, 0.2) is 0 Å². The van der Waals surface area contributed by atoms with Crippen LogP contribution in [0.4, 0.5) is 5.69 Å². The number of nitrogens with one attached hydrogen (secondary N) is 1. The fourth-order valence-corrected chi connectivity index (χ4v) is 2.38.